The predicted octanol–water partition coefficient (Wildman–Crippen LogP) is 4.56. The van der Waals surface area contributed by atoms with Crippen molar-refractivity contribution in [1.29, 1.82) is 0 Å². The van der Waals surface area contributed by atoms with Crippen molar-refractivity contribution in [2.45, 2.75) is 6.18 Å². The molecule has 3 nitrogen and oxygen atoms in total. The van der Waals surface area contributed by atoms with Gasteiger partial charge in [-0.15, -0.1) is 0 Å². The molecule has 110 valence electrons. The Kier molecular flexibility index (Phi) is 4.64. The summed E-state index contributed by atoms with van der Waals surface area (Å²) >= 11 is 1.50. The summed E-state index contributed by atoms with van der Waals surface area (Å²) in [5.74, 6) is 0. The third-order valence-corrected chi connectivity index (χ3v) is 3.22. The van der Waals surface area contributed by atoms with Crippen LogP contribution in [0.2, 0.25) is 0 Å². The molecule has 2 aromatic rings. The smallest absolute Gasteiger partial charge is 0.314 e. The van der Waals surface area contributed by atoms with Crippen LogP contribution in [0.15, 0.2) is 47.3 Å². The van der Waals surface area contributed by atoms with Gasteiger partial charge in [-0.2, -0.15) is 24.5 Å². The van der Waals surface area contributed by atoms with E-state index in [9.17, 15) is 18.0 Å². The van der Waals surface area contributed by atoms with E-state index >= 15 is 0 Å². The highest BCUT2D eigenvalue weighted by atomic mass is 32.1. The van der Waals surface area contributed by atoms with Crippen molar-refractivity contribution in [1.82, 2.24) is 5.32 Å². The van der Waals surface area contributed by atoms with Gasteiger partial charge in [0.1, 0.15) is 0 Å². The van der Waals surface area contributed by atoms with Crippen molar-refractivity contribution >= 4 is 29.1 Å². The minimum atomic E-state index is -4.52. The largest absolute Gasteiger partial charge is 0.418 e. The van der Waals surface area contributed by atoms with Crippen LogP contribution in [0.25, 0.3) is 6.08 Å². The van der Waals surface area contributed by atoms with E-state index in [1.807, 2.05) is 16.8 Å². The van der Waals surface area contributed by atoms with Crippen molar-refractivity contribution in [3.63, 3.8) is 0 Å². The standard InChI is InChI=1S/C14H11F3N2OS/c15-14(16,17)11-3-1-2-4-12(11)19-13(20)18-7-5-10-6-8-21-9-10/h1-9H,(H2,18,19,20)/b7-5+. The molecule has 21 heavy (non-hydrogen) atoms. The number of alkyl halides is 3. The molecule has 0 aliphatic rings. The number of benzene rings is 1. The van der Waals surface area contributed by atoms with Gasteiger partial charge in [0.2, 0.25) is 0 Å². The summed E-state index contributed by atoms with van der Waals surface area (Å²) in [7, 11) is 0. The normalized spacial score (nSPS) is 11.6. The van der Waals surface area contributed by atoms with Crippen LogP contribution in [-0.4, -0.2) is 6.03 Å². The average molecular weight is 312 g/mol. The van der Waals surface area contributed by atoms with Crippen LogP contribution < -0.4 is 10.6 Å². The highest BCUT2D eigenvalue weighted by molar-refractivity contribution is 7.08. The van der Waals surface area contributed by atoms with E-state index < -0.39 is 17.8 Å². The lowest BCUT2D eigenvalue weighted by molar-refractivity contribution is -0.136. The van der Waals surface area contributed by atoms with Gasteiger partial charge in [0.15, 0.2) is 0 Å². The van der Waals surface area contributed by atoms with E-state index in [1.54, 1.807) is 6.08 Å². The van der Waals surface area contributed by atoms with Crippen LogP contribution in [0.5, 0.6) is 0 Å². The zero-order valence-electron chi connectivity index (χ0n) is 10.6. The first-order valence-corrected chi connectivity index (χ1v) is 6.83. The maximum Gasteiger partial charge on any atom is 0.418 e. The van der Waals surface area contributed by atoms with Gasteiger partial charge < -0.3 is 10.6 Å². The summed E-state index contributed by atoms with van der Waals surface area (Å²) < 4.78 is 38.3. The number of halogens is 3. The zero-order chi connectivity index (χ0) is 15.3. The van der Waals surface area contributed by atoms with Gasteiger partial charge in [-0.05, 0) is 40.6 Å². The molecule has 0 bridgehead atoms. The number of urea groups is 1. The van der Waals surface area contributed by atoms with Gasteiger partial charge in [-0.3, -0.25) is 0 Å². The fraction of sp³-hybridized carbons (Fsp3) is 0.0714. The van der Waals surface area contributed by atoms with Crippen molar-refractivity contribution in [2.75, 3.05) is 5.32 Å². The Morgan fingerprint density at radius 3 is 2.62 bits per heavy atom. The number of amides is 2. The number of thiophene rings is 1. The van der Waals surface area contributed by atoms with Crippen LogP contribution in [-0.2, 0) is 6.18 Å². The van der Waals surface area contributed by atoms with Crippen molar-refractivity contribution in [3.8, 4) is 0 Å². The van der Waals surface area contributed by atoms with E-state index in [2.05, 4.69) is 10.6 Å². The minimum Gasteiger partial charge on any atom is -0.314 e. The summed E-state index contributed by atoms with van der Waals surface area (Å²) in [5, 5.41) is 8.28. The zero-order valence-corrected chi connectivity index (χ0v) is 11.5. The molecule has 0 spiro atoms. The number of hydrogen-bond acceptors (Lipinski definition) is 2. The Morgan fingerprint density at radius 1 is 1.19 bits per heavy atom. The number of carbonyl (C=O) groups excluding carboxylic acids is 1. The van der Waals surface area contributed by atoms with Gasteiger partial charge in [0.25, 0.3) is 0 Å². The lowest BCUT2D eigenvalue weighted by atomic mass is 10.1. The molecule has 2 amide bonds. The quantitative estimate of drug-likeness (QED) is 0.857. The Labute approximate surface area is 123 Å². The fourth-order valence-corrected chi connectivity index (χ4v) is 2.21. The van der Waals surface area contributed by atoms with E-state index in [-0.39, 0.29) is 5.69 Å². The molecule has 0 atom stereocenters. The monoisotopic (exact) mass is 312 g/mol. The van der Waals surface area contributed by atoms with Gasteiger partial charge >= 0.3 is 12.2 Å². The number of para-hydroxylation sites is 1. The summed E-state index contributed by atoms with van der Waals surface area (Å²) in [4.78, 5) is 11.6. The molecule has 0 aliphatic heterocycles. The second-order valence-electron chi connectivity index (χ2n) is 4.03. The maximum absolute atomic E-state index is 12.8. The lowest BCUT2D eigenvalue weighted by Crippen LogP contribution is -2.25. The number of nitrogens with one attached hydrogen (secondary N) is 2. The van der Waals surface area contributed by atoms with E-state index in [4.69, 9.17) is 0 Å². The molecule has 0 saturated carbocycles. The number of anilines is 1. The van der Waals surface area contributed by atoms with Crippen LogP contribution in [0.4, 0.5) is 23.7 Å². The molecule has 1 aromatic heterocycles. The van der Waals surface area contributed by atoms with Gasteiger partial charge in [0.05, 0.1) is 11.3 Å². The maximum atomic E-state index is 12.8. The molecular formula is C14H11F3N2OS. The molecule has 0 saturated heterocycles. The first-order chi connectivity index (χ1) is 9.97. The Balaban J connectivity index is 2.00. The predicted molar refractivity (Wildman–Crippen MR) is 77.0 cm³/mol. The number of rotatable bonds is 3. The first-order valence-electron chi connectivity index (χ1n) is 5.89. The minimum absolute atomic E-state index is 0.286. The second kappa shape index (κ2) is 6.45. The van der Waals surface area contributed by atoms with Gasteiger partial charge in [0, 0.05) is 6.20 Å². The summed E-state index contributed by atoms with van der Waals surface area (Å²) in [6.45, 7) is 0. The second-order valence-corrected chi connectivity index (χ2v) is 4.81. The van der Waals surface area contributed by atoms with Crippen molar-refractivity contribution in [3.05, 3.63) is 58.4 Å². The summed E-state index contributed by atoms with van der Waals surface area (Å²) in [5.41, 5.74) is -0.274. The summed E-state index contributed by atoms with van der Waals surface area (Å²) in [6.07, 6.45) is -1.50. The van der Waals surface area contributed by atoms with Gasteiger partial charge in [-0.1, -0.05) is 12.1 Å². The molecule has 0 radical (unpaired) electrons. The molecule has 0 fully saturated rings. The van der Waals surface area contributed by atoms with E-state index in [0.717, 1.165) is 11.6 Å². The third kappa shape index (κ3) is 4.35. The van der Waals surface area contributed by atoms with Crippen LogP contribution in [0, 0.1) is 0 Å². The van der Waals surface area contributed by atoms with Crippen LogP contribution >= 0.6 is 11.3 Å². The fourth-order valence-electron chi connectivity index (χ4n) is 1.58. The van der Waals surface area contributed by atoms with Crippen LogP contribution in [0.3, 0.4) is 0 Å². The van der Waals surface area contributed by atoms with E-state index in [1.165, 1.54) is 35.7 Å². The van der Waals surface area contributed by atoms with Crippen LogP contribution in [0.1, 0.15) is 11.1 Å². The van der Waals surface area contributed by atoms with Crippen molar-refractivity contribution in [2.24, 2.45) is 0 Å². The Hall–Kier alpha value is -2.28. The topological polar surface area (TPSA) is 41.1 Å². The molecule has 2 rings (SSSR count). The average Bonchev–Trinajstić information content (AvgIpc) is 2.91. The highest BCUT2D eigenvalue weighted by Crippen LogP contribution is 2.34. The molecule has 1 aromatic carbocycles. The first kappa shape index (κ1) is 15.1. The lowest BCUT2D eigenvalue weighted by Gasteiger charge is -2.13. The van der Waals surface area contributed by atoms with E-state index in [0.29, 0.717) is 0 Å². The molecule has 1 heterocycles. The molecule has 2 N–H and O–H groups in total. The third-order valence-electron chi connectivity index (χ3n) is 2.51. The van der Waals surface area contributed by atoms with Crippen molar-refractivity contribution < 1.29 is 18.0 Å². The highest BCUT2D eigenvalue weighted by Gasteiger charge is 2.33. The SMILES string of the molecule is O=C(N/C=C/c1ccsc1)Nc1ccccc1C(F)(F)F. The summed E-state index contributed by atoms with van der Waals surface area (Å²) in [6, 6.07) is 5.91. The molecule has 7 heteroatoms. The number of hydrogen-bond donors (Lipinski definition) is 2. The molecule has 0 unspecified atom stereocenters. The molecule has 0 aliphatic carbocycles. The number of carbonyl (C=O) groups is 1. The Morgan fingerprint density at radius 2 is 1.95 bits per heavy atom. The Bertz CT molecular complexity index is 636. The van der Waals surface area contributed by atoms with Gasteiger partial charge in [-0.25, -0.2) is 4.79 Å². The molecular weight excluding hydrogens is 301 g/mol.